The molecule has 1 atom stereocenters. The third-order valence-electron chi connectivity index (χ3n) is 7.21. The fourth-order valence-corrected chi connectivity index (χ4v) is 5.99. The van der Waals surface area contributed by atoms with E-state index in [0.717, 1.165) is 38.3 Å². The maximum atomic E-state index is 13.2. The van der Waals surface area contributed by atoms with Crippen LogP contribution in [0.3, 0.4) is 0 Å². The number of carbonyl (C=O) groups is 1. The number of piperazine rings is 1. The molecule has 1 saturated heterocycles. The molecule has 1 aliphatic carbocycles. The van der Waals surface area contributed by atoms with E-state index in [1.54, 1.807) is 24.3 Å². The minimum atomic E-state index is -3.77. The first-order chi connectivity index (χ1) is 16.9. The van der Waals surface area contributed by atoms with Gasteiger partial charge >= 0.3 is 0 Å². The van der Waals surface area contributed by atoms with Crippen LogP contribution in [0.4, 0.5) is 11.4 Å². The average Bonchev–Trinajstić information content (AvgIpc) is 2.89. The van der Waals surface area contributed by atoms with E-state index in [4.69, 9.17) is 0 Å². The lowest BCUT2D eigenvalue weighted by Crippen LogP contribution is -2.44. The predicted molar refractivity (Wildman–Crippen MR) is 142 cm³/mol. The van der Waals surface area contributed by atoms with Crippen LogP contribution in [0, 0.1) is 0 Å². The summed E-state index contributed by atoms with van der Waals surface area (Å²) in [5.74, 6) is 0.336. The second-order valence-electron chi connectivity index (χ2n) is 9.76. The van der Waals surface area contributed by atoms with E-state index < -0.39 is 10.0 Å². The first kappa shape index (κ1) is 25.5. The van der Waals surface area contributed by atoms with Gasteiger partial charge in [-0.15, -0.1) is 0 Å². The Bertz CT molecular complexity index is 1110. The standard InChI is InChI=1S/C27H38N4O3S/c1-3-20(2)29-27(32)25-19-23(11-14-26(25)31-17-15-28-16-18-31)30-35(33,34)24-12-9-22(10-13-24)21-7-5-4-6-8-21/h9-14,19-21,28,30H,3-8,15-18H2,1-2H3,(H,29,32). The minimum Gasteiger partial charge on any atom is -0.368 e. The van der Waals surface area contributed by atoms with Crippen LogP contribution in [0.15, 0.2) is 47.4 Å². The smallest absolute Gasteiger partial charge is 0.261 e. The Morgan fingerprint density at radius 1 is 1.06 bits per heavy atom. The molecule has 0 radical (unpaired) electrons. The van der Waals surface area contributed by atoms with E-state index in [1.165, 1.54) is 37.7 Å². The van der Waals surface area contributed by atoms with Gasteiger partial charge in [-0.05, 0) is 68.0 Å². The van der Waals surface area contributed by atoms with Crippen LogP contribution >= 0.6 is 0 Å². The van der Waals surface area contributed by atoms with Gasteiger partial charge in [0.2, 0.25) is 0 Å². The number of rotatable bonds is 8. The van der Waals surface area contributed by atoms with E-state index in [-0.39, 0.29) is 16.8 Å². The van der Waals surface area contributed by atoms with Crippen molar-refractivity contribution in [2.75, 3.05) is 35.8 Å². The number of amides is 1. The van der Waals surface area contributed by atoms with Crippen molar-refractivity contribution >= 4 is 27.3 Å². The van der Waals surface area contributed by atoms with E-state index >= 15 is 0 Å². The molecular formula is C27H38N4O3S. The lowest BCUT2D eigenvalue weighted by molar-refractivity contribution is 0.0939. The van der Waals surface area contributed by atoms with Gasteiger partial charge in [0.05, 0.1) is 10.5 Å². The number of sulfonamides is 1. The van der Waals surface area contributed by atoms with E-state index in [0.29, 0.717) is 17.2 Å². The predicted octanol–water partition coefficient (Wildman–Crippen LogP) is 4.47. The Balaban J connectivity index is 1.56. The number of nitrogens with one attached hydrogen (secondary N) is 3. The monoisotopic (exact) mass is 498 g/mol. The number of anilines is 2. The van der Waals surface area contributed by atoms with Crippen LogP contribution < -0.4 is 20.3 Å². The van der Waals surface area contributed by atoms with Crippen LogP contribution in [0.25, 0.3) is 0 Å². The Labute approximate surface area is 209 Å². The Morgan fingerprint density at radius 2 is 1.74 bits per heavy atom. The van der Waals surface area contributed by atoms with Gasteiger partial charge in [0, 0.05) is 43.6 Å². The second kappa shape index (κ2) is 11.4. The van der Waals surface area contributed by atoms with Crippen molar-refractivity contribution < 1.29 is 13.2 Å². The van der Waals surface area contributed by atoms with Crippen molar-refractivity contribution in [1.29, 1.82) is 0 Å². The summed E-state index contributed by atoms with van der Waals surface area (Å²) >= 11 is 0. The van der Waals surface area contributed by atoms with Crippen LogP contribution in [0.1, 0.15) is 74.2 Å². The number of carbonyl (C=O) groups excluding carboxylic acids is 1. The van der Waals surface area contributed by atoms with Crippen LogP contribution in [0.5, 0.6) is 0 Å². The molecule has 1 amide bonds. The largest absolute Gasteiger partial charge is 0.368 e. The molecule has 35 heavy (non-hydrogen) atoms. The summed E-state index contributed by atoms with van der Waals surface area (Å²) in [4.78, 5) is 15.5. The highest BCUT2D eigenvalue weighted by molar-refractivity contribution is 7.92. The van der Waals surface area contributed by atoms with Crippen LogP contribution in [0.2, 0.25) is 0 Å². The summed E-state index contributed by atoms with van der Waals surface area (Å²) in [5.41, 5.74) is 2.91. The highest BCUT2D eigenvalue weighted by Gasteiger charge is 2.22. The minimum absolute atomic E-state index is 0.0291. The normalized spacial score (nSPS) is 18.2. The number of hydrogen-bond donors (Lipinski definition) is 3. The molecular weight excluding hydrogens is 460 g/mol. The number of hydrogen-bond acceptors (Lipinski definition) is 5. The third kappa shape index (κ3) is 6.35. The maximum Gasteiger partial charge on any atom is 0.261 e. The first-order valence-corrected chi connectivity index (χ1v) is 14.4. The SMILES string of the molecule is CCC(C)NC(=O)c1cc(NS(=O)(=O)c2ccc(C3CCCCC3)cc2)ccc1N1CCNCC1. The van der Waals surface area contributed by atoms with Crippen molar-refractivity contribution in [3.8, 4) is 0 Å². The molecule has 1 saturated carbocycles. The molecule has 0 aromatic heterocycles. The first-order valence-electron chi connectivity index (χ1n) is 12.9. The topological polar surface area (TPSA) is 90.5 Å². The molecule has 2 aromatic carbocycles. The second-order valence-corrected chi connectivity index (χ2v) is 11.4. The zero-order chi connectivity index (χ0) is 24.8. The molecule has 190 valence electrons. The van der Waals surface area contributed by atoms with Crippen molar-refractivity contribution in [3.63, 3.8) is 0 Å². The van der Waals surface area contributed by atoms with Gasteiger partial charge in [-0.1, -0.05) is 38.3 Å². The Kier molecular flexibility index (Phi) is 8.34. The summed E-state index contributed by atoms with van der Waals surface area (Å²) in [6.45, 7) is 7.26. The van der Waals surface area contributed by atoms with Gasteiger partial charge in [0.15, 0.2) is 0 Å². The fraction of sp³-hybridized carbons (Fsp3) is 0.519. The van der Waals surface area contributed by atoms with Gasteiger partial charge < -0.3 is 15.5 Å². The van der Waals surface area contributed by atoms with Crippen molar-refractivity contribution in [3.05, 3.63) is 53.6 Å². The van der Waals surface area contributed by atoms with Gasteiger partial charge in [0.25, 0.3) is 15.9 Å². The van der Waals surface area contributed by atoms with Gasteiger partial charge in [-0.3, -0.25) is 9.52 Å². The van der Waals surface area contributed by atoms with E-state index in [9.17, 15) is 13.2 Å². The zero-order valence-corrected chi connectivity index (χ0v) is 21.7. The highest BCUT2D eigenvalue weighted by Crippen LogP contribution is 2.33. The van der Waals surface area contributed by atoms with Crippen molar-refractivity contribution in [2.45, 2.75) is 69.2 Å². The maximum absolute atomic E-state index is 13.2. The highest BCUT2D eigenvalue weighted by atomic mass is 32.2. The quantitative estimate of drug-likeness (QED) is 0.500. The lowest BCUT2D eigenvalue weighted by atomic mass is 9.84. The molecule has 0 spiro atoms. The van der Waals surface area contributed by atoms with Gasteiger partial charge in [-0.25, -0.2) is 8.42 Å². The third-order valence-corrected chi connectivity index (χ3v) is 8.61. The van der Waals surface area contributed by atoms with E-state index in [1.807, 2.05) is 32.0 Å². The summed E-state index contributed by atoms with van der Waals surface area (Å²) in [6.07, 6.45) is 6.93. The number of nitrogens with zero attached hydrogens (tertiary/aromatic N) is 1. The zero-order valence-electron chi connectivity index (χ0n) is 20.8. The Hall–Kier alpha value is -2.58. The summed E-state index contributed by atoms with van der Waals surface area (Å²) in [6, 6.07) is 12.6. The molecule has 0 bridgehead atoms. The van der Waals surface area contributed by atoms with E-state index in [2.05, 4.69) is 20.3 Å². The number of benzene rings is 2. The van der Waals surface area contributed by atoms with Crippen LogP contribution in [-0.4, -0.2) is 46.5 Å². The van der Waals surface area contributed by atoms with Gasteiger partial charge in [0.1, 0.15) is 0 Å². The molecule has 2 aromatic rings. The average molecular weight is 499 g/mol. The fourth-order valence-electron chi connectivity index (χ4n) is 4.94. The van der Waals surface area contributed by atoms with Crippen molar-refractivity contribution in [1.82, 2.24) is 10.6 Å². The molecule has 1 aliphatic heterocycles. The van der Waals surface area contributed by atoms with Crippen molar-refractivity contribution in [2.24, 2.45) is 0 Å². The molecule has 1 unspecified atom stereocenters. The molecule has 2 aliphatic rings. The molecule has 2 fully saturated rings. The van der Waals surface area contributed by atoms with Gasteiger partial charge in [-0.2, -0.15) is 0 Å². The molecule has 8 heteroatoms. The Morgan fingerprint density at radius 3 is 2.40 bits per heavy atom. The summed E-state index contributed by atoms with van der Waals surface area (Å²) in [7, 11) is -3.77. The molecule has 7 nitrogen and oxygen atoms in total. The molecule has 3 N–H and O–H groups in total. The summed E-state index contributed by atoms with van der Waals surface area (Å²) in [5, 5.41) is 6.35. The summed E-state index contributed by atoms with van der Waals surface area (Å²) < 4.78 is 29.0. The van der Waals surface area contributed by atoms with Crippen LogP contribution in [-0.2, 0) is 10.0 Å². The molecule has 1 heterocycles. The lowest BCUT2D eigenvalue weighted by Gasteiger charge is -2.31. The molecule has 4 rings (SSSR count).